The fourth-order valence-corrected chi connectivity index (χ4v) is 15.4. The van der Waals surface area contributed by atoms with E-state index >= 15 is 0 Å². The highest BCUT2D eigenvalue weighted by molar-refractivity contribution is 5.66. The standard InChI is InChI=1S/C129H126O3/c1-22-25-70-130-121-88-112-85-110-83-107(56-41-104-78-99(36-30-93-47-62-117(63-48-93)126(10,11)12)74-100(79-104)37-31-94-49-64-118(65-50-94)127(13,14)15)123(132-72-27-24-3)90-114(110)87-111-84-108(57-42-105-80-101(38-32-95-51-66-119(67-52-95)128(16,17)18)75-102(81-105)39-33-96-53-68-120(69-54-96)129(19,20)21)122(131-71-26-23-2)89-113(111)86-109(112)82-106(121)55-40-103-76-97(34-28-91-43-58-115(59-44-91)124(4,5)6)73-98(77-103)35-29-92-45-60-116(61-46-92)125(7,8)9/h43-54,58-69,73-84,88-90H,22-27,70-72,85-87H2,1-21H3. The Kier molecular flexibility index (Phi) is 30.7. The Morgan fingerprint density at radius 1 is 0.182 bits per heavy atom. The highest BCUT2D eigenvalue weighted by Crippen LogP contribution is 2.39. The van der Waals surface area contributed by atoms with Gasteiger partial charge in [0, 0.05) is 83.5 Å². The molecule has 3 nitrogen and oxygen atoms in total. The van der Waals surface area contributed by atoms with Crippen LogP contribution in [0, 0.1) is 107 Å². The summed E-state index contributed by atoms with van der Waals surface area (Å²) in [7, 11) is 0. The van der Waals surface area contributed by atoms with E-state index in [9.17, 15) is 0 Å². The van der Waals surface area contributed by atoms with Gasteiger partial charge in [0.05, 0.1) is 36.5 Å². The van der Waals surface area contributed by atoms with Gasteiger partial charge in [0.25, 0.3) is 0 Å². The van der Waals surface area contributed by atoms with Crippen molar-refractivity contribution in [2.75, 3.05) is 19.8 Å². The van der Waals surface area contributed by atoms with Crippen molar-refractivity contribution in [3.05, 3.63) is 403 Å². The van der Waals surface area contributed by atoms with E-state index in [1.54, 1.807) is 0 Å². The molecular weight excluding hydrogens is 1600 g/mol. The van der Waals surface area contributed by atoms with E-state index in [0.29, 0.717) is 39.1 Å². The van der Waals surface area contributed by atoms with Gasteiger partial charge < -0.3 is 14.2 Å². The highest BCUT2D eigenvalue weighted by Gasteiger charge is 2.25. The molecule has 12 aromatic rings. The fourth-order valence-electron chi connectivity index (χ4n) is 15.4. The van der Waals surface area contributed by atoms with Crippen molar-refractivity contribution in [1.29, 1.82) is 0 Å². The molecule has 3 heteroatoms. The van der Waals surface area contributed by atoms with Crippen LogP contribution >= 0.6 is 0 Å². The van der Waals surface area contributed by atoms with Gasteiger partial charge in [0.1, 0.15) is 17.2 Å². The molecule has 0 saturated carbocycles. The molecule has 0 N–H and O–H groups in total. The van der Waals surface area contributed by atoms with Crippen molar-refractivity contribution in [2.24, 2.45) is 0 Å². The molecule has 0 radical (unpaired) electrons. The van der Waals surface area contributed by atoms with Crippen molar-refractivity contribution in [3.63, 3.8) is 0 Å². The molecule has 0 atom stereocenters. The quantitative estimate of drug-likeness (QED) is 0.0901. The zero-order chi connectivity index (χ0) is 94.0. The summed E-state index contributed by atoms with van der Waals surface area (Å²) in [6.07, 6.45) is 7.14. The fraction of sp³-hybridized carbons (Fsp3) is 0.302. The van der Waals surface area contributed by atoms with E-state index in [2.05, 4.69) is 489 Å². The molecule has 0 spiro atoms. The number of hydrogen-bond donors (Lipinski definition) is 0. The Bertz CT molecular complexity index is 5900. The Hall–Kier alpha value is -13.9. The van der Waals surface area contributed by atoms with Crippen LogP contribution in [0.2, 0.25) is 0 Å². The van der Waals surface area contributed by atoms with Crippen molar-refractivity contribution in [3.8, 4) is 124 Å². The van der Waals surface area contributed by atoms with E-state index < -0.39 is 0 Å². The van der Waals surface area contributed by atoms with Crippen LogP contribution in [0.5, 0.6) is 17.2 Å². The minimum Gasteiger partial charge on any atom is -0.492 e. The third-order valence-electron chi connectivity index (χ3n) is 23.8. The lowest BCUT2D eigenvalue weighted by atomic mass is 9.87. The van der Waals surface area contributed by atoms with Crippen LogP contribution < -0.4 is 14.2 Å². The lowest BCUT2D eigenvalue weighted by Gasteiger charge is -2.18. The van der Waals surface area contributed by atoms with Crippen LogP contribution in [0.3, 0.4) is 0 Å². The van der Waals surface area contributed by atoms with Gasteiger partial charge in [-0.1, -0.05) is 344 Å². The molecule has 0 saturated heterocycles. The second-order valence-corrected chi connectivity index (χ2v) is 41.1. The molecule has 13 rings (SSSR count). The number of ether oxygens (including phenoxy) is 3. The lowest BCUT2D eigenvalue weighted by Crippen LogP contribution is -2.10. The van der Waals surface area contributed by atoms with Crippen LogP contribution in [0.1, 0.15) is 351 Å². The summed E-state index contributed by atoms with van der Waals surface area (Å²) in [4.78, 5) is 0. The van der Waals surface area contributed by atoms with Crippen molar-refractivity contribution >= 4 is 0 Å². The van der Waals surface area contributed by atoms with Crippen molar-refractivity contribution in [2.45, 2.75) is 236 Å². The third-order valence-corrected chi connectivity index (χ3v) is 23.8. The number of unbranched alkanes of at least 4 members (excludes halogenated alkanes) is 3. The van der Waals surface area contributed by atoms with Crippen molar-refractivity contribution in [1.82, 2.24) is 0 Å². The number of hydrogen-bond acceptors (Lipinski definition) is 3. The largest absolute Gasteiger partial charge is 0.492 e. The maximum Gasteiger partial charge on any atom is 0.135 e. The monoisotopic (exact) mass is 1720 g/mol. The summed E-state index contributed by atoms with van der Waals surface area (Å²) in [5.41, 5.74) is 29.4. The first-order valence-corrected chi connectivity index (χ1v) is 47.1. The summed E-state index contributed by atoms with van der Waals surface area (Å²) in [6.45, 7) is 48.3. The van der Waals surface area contributed by atoms with Gasteiger partial charge in [0.15, 0.2) is 0 Å². The van der Waals surface area contributed by atoms with Gasteiger partial charge in [0.2, 0.25) is 0 Å². The number of benzene rings is 12. The molecule has 0 unspecified atom stereocenters. The molecule has 0 fully saturated rings. The van der Waals surface area contributed by atoms with E-state index in [1.165, 1.54) is 33.4 Å². The maximum atomic E-state index is 7.00. The SMILES string of the molecule is CCCCOc1cc2c(cc1C#Cc1cc(C#Cc3ccc(C(C)(C)C)cc3)cc(C#Cc3ccc(C(C)(C)C)cc3)c1)Cc1cc(OCCCC)c(C#Cc3cc(C#Cc4ccc(C(C)(C)C)cc4)cc(C#Cc4ccc(C(C)(C)C)cc4)c3)cc1Cc1cc(OCCCC)c(C#Cc3cc(C#Cc4ccc(C(C)(C)C)cc4)cc(C#Cc4ccc(C(C)(C)C)cc4)c3)cc1C2. The Labute approximate surface area is 791 Å². The molecule has 0 aliphatic heterocycles. The summed E-state index contributed by atoms with van der Waals surface area (Å²) < 4.78 is 21.0. The maximum absolute atomic E-state index is 7.00. The molecule has 12 aromatic carbocycles. The first kappa shape index (κ1) is 95.7. The molecule has 0 heterocycles. The predicted octanol–water partition coefficient (Wildman–Crippen LogP) is 28.7. The zero-order valence-electron chi connectivity index (χ0n) is 81.7. The van der Waals surface area contributed by atoms with Crippen molar-refractivity contribution < 1.29 is 14.2 Å². The smallest absolute Gasteiger partial charge is 0.135 e. The molecule has 0 aromatic heterocycles. The first-order valence-electron chi connectivity index (χ1n) is 47.1. The van der Waals surface area contributed by atoms with Crippen LogP contribution in [-0.4, -0.2) is 19.8 Å². The topological polar surface area (TPSA) is 27.7 Å². The van der Waals surface area contributed by atoms with Crippen LogP contribution in [0.4, 0.5) is 0 Å². The van der Waals surface area contributed by atoms with Gasteiger partial charge >= 0.3 is 0 Å². The number of rotatable bonds is 12. The van der Waals surface area contributed by atoms with Gasteiger partial charge in [-0.05, 0) is 302 Å². The van der Waals surface area contributed by atoms with E-state index in [-0.39, 0.29) is 32.5 Å². The Morgan fingerprint density at radius 2 is 0.326 bits per heavy atom. The van der Waals surface area contributed by atoms with Gasteiger partial charge in [-0.15, -0.1) is 0 Å². The Morgan fingerprint density at radius 3 is 0.477 bits per heavy atom. The average Bonchev–Trinajstić information content (AvgIpc) is 1.56. The lowest BCUT2D eigenvalue weighted by molar-refractivity contribution is 0.308. The van der Waals surface area contributed by atoms with E-state index in [1.807, 2.05) is 0 Å². The highest BCUT2D eigenvalue weighted by atomic mass is 16.5. The average molecular weight is 1720 g/mol. The van der Waals surface area contributed by atoms with Crippen LogP contribution in [0.25, 0.3) is 0 Å². The first-order chi connectivity index (χ1) is 62.9. The summed E-state index contributed by atoms with van der Waals surface area (Å²) >= 11 is 0. The third kappa shape index (κ3) is 27.1. The number of fused-ring (bicyclic) bond motifs is 3. The summed E-state index contributed by atoms with van der Waals surface area (Å²) in [6, 6.07) is 83.7. The molecule has 0 bridgehead atoms. The summed E-state index contributed by atoms with van der Waals surface area (Å²) in [5.74, 6) is 66.4. The van der Waals surface area contributed by atoms with Gasteiger partial charge in [-0.25, -0.2) is 0 Å². The minimum atomic E-state index is 0.0147. The van der Waals surface area contributed by atoms with E-state index in [4.69, 9.17) is 14.2 Å². The second-order valence-electron chi connectivity index (χ2n) is 41.1. The molecular formula is C129H126O3. The minimum absolute atomic E-state index is 0.0147. The van der Waals surface area contributed by atoms with Gasteiger partial charge in [-0.3, -0.25) is 0 Å². The second kappa shape index (κ2) is 42.3. The molecule has 1 aliphatic rings. The van der Waals surface area contributed by atoms with Crippen LogP contribution in [-0.2, 0) is 51.8 Å². The van der Waals surface area contributed by atoms with E-state index in [0.717, 1.165) is 189 Å². The molecule has 0 amide bonds. The van der Waals surface area contributed by atoms with Crippen LogP contribution in [0.15, 0.2) is 237 Å². The predicted molar refractivity (Wildman–Crippen MR) is 553 cm³/mol. The van der Waals surface area contributed by atoms with Gasteiger partial charge in [-0.2, -0.15) is 0 Å². The summed E-state index contributed by atoms with van der Waals surface area (Å²) in [5, 5.41) is 0. The molecule has 660 valence electrons. The normalized spacial score (nSPS) is 11.6. The Balaban J connectivity index is 0.993. The zero-order valence-corrected chi connectivity index (χ0v) is 81.7. The molecule has 1 aliphatic carbocycles. The molecule has 132 heavy (non-hydrogen) atoms.